The van der Waals surface area contributed by atoms with Crippen LogP contribution in [-0.2, 0) is 25.7 Å². The summed E-state index contributed by atoms with van der Waals surface area (Å²) < 4.78 is 51.6. The predicted octanol–water partition coefficient (Wildman–Crippen LogP) is 6.01. The molecule has 0 aromatic heterocycles. The number of carbonyl (C=O) groups excluding carboxylic acids is 2. The fourth-order valence-corrected chi connectivity index (χ4v) is 6.07. The Bertz CT molecular complexity index is 1360. The zero-order valence-corrected chi connectivity index (χ0v) is 23.4. The van der Waals surface area contributed by atoms with E-state index in [0.29, 0.717) is 34.7 Å². The number of amides is 2. The van der Waals surface area contributed by atoms with Gasteiger partial charge in [0.15, 0.2) is 6.29 Å². The molecule has 4 atom stereocenters. The van der Waals surface area contributed by atoms with E-state index in [1.165, 1.54) is 0 Å². The second kappa shape index (κ2) is 13.3. The van der Waals surface area contributed by atoms with E-state index >= 15 is 0 Å². The van der Waals surface area contributed by atoms with Crippen LogP contribution in [0.1, 0.15) is 48.3 Å². The van der Waals surface area contributed by atoms with Gasteiger partial charge >= 0.3 is 12.1 Å². The van der Waals surface area contributed by atoms with Crippen molar-refractivity contribution in [2.75, 3.05) is 17.6 Å². The summed E-state index contributed by atoms with van der Waals surface area (Å²) in [6.07, 6.45) is -4.98. The first-order valence-electron chi connectivity index (χ1n) is 13.7. The number of hydrogen-bond donors (Lipinski definition) is 2. The third-order valence-electron chi connectivity index (χ3n) is 7.30. The molecule has 3 aromatic carbocycles. The molecule has 2 amide bonds. The minimum Gasteiger partial charge on any atom is -0.392 e. The fourth-order valence-electron chi connectivity index (χ4n) is 5.12. The molecule has 0 radical (unpaired) electrons. The van der Waals surface area contributed by atoms with E-state index in [1.807, 2.05) is 54.6 Å². The highest BCUT2D eigenvalue weighted by molar-refractivity contribution is 7.99. The topological polar surface area (TPSA) is 88.1 Å². The van der Waals surface area contributed by atoms with Crippen LogP contribution in [0, 0.1) is 0 Å². The first-order chi connectivity index (χ1) is 20.2. The standard InChI is InChI=1S/C31H31F3N2O5S/c32-31(33,34)30(39)36-16-4-7-26(36)28(38)35-23-14-12-22(13-15-23)29-40-24(19-42-25-5-2-1-3-6-25)17-27(41-29)21-10-8-20(18-37)9-11-21/h1-3,5-6,8-15,24,26-27,29,37H,4,7,16-19H2,(H,35,38). The van der Waals surface area contributed by atoms with Crippen molar-refractivity contribution >= 4 is 29.3 Å². The second-order valence-electron chi connectivity index (χ2n) is 10.2. The summed E-state index contributed by atoms with van der Waals surface area (Å²) in [7, 11) is 0. The number of thioether (sulfide) groups is 1. The Morgan fingerprint density at radius 2 is 1.64 bits per heavy atom. The van der Waals surface area contributed by atoms with Crippen LogP contribution in [-0.4, -0.2) is 52.4 Å². The van der Waals surface area contributed by atoms with E-state index < -0.39 is 30.3 Å². The Morgan fingerprint density at radius 1 is 0.952 bits per heavy atom. The van der Waals surface area contributed by atoms with Crippen molar-refractivity contribution in [2.45, 2.75) is 61.5 Å². The van der Waals surface area contributed by atoms with Crippen LogP contribution in [0.3, 0.4) is 0 Å². The molecule has 3 aromatic rings. The second-order valence-corrected chi connectivity index (χ2v) is 11.3. The van der Waals surface area contributed by atoms with E-state index in [0.717, 1.165) is 16.0 Å². The summed E-state index contributed by atoms with van der Waals surface area (Å²) in [6.45, 7) is -0.159. The first-order valence-corrected chi connectivity index (χ1v) is 14.7. The van der Waals surface area contributed by atoms with Crippen LogP contribution in [0.15, 0.2) is 83.8 Å². The SMILES string of the molecule is O=C(Nc1ccc(C2OC(CSc3ccccc3)CC(c3ccc(CO)cc3)O2)cc1)C1CCCN1C(=O)C(F)(F)F. The number of carbonyl (C=O) groups is 2. The Labute approximate surface area is 246 Å². The molecule has 2 aliphatic rings. The normalized spacial score (nSPS) is 22.6. The van der Waals surface area contributed by atoms with Crippen molar-refractivity contribution in [1.82, 2.24) is 4.90 Å². The predicted molar refractivity (Wildman–Crippen MR) is 151 cm³/mol. The lowest BCUT2D eigenvalue weighted by atomic mass is 10.0. The van der Waals surface area contributed by atoms with Crippen molar-refractivity contribution < 1.29 is 37.3 Å². The number of benzene rings is 3. The number of halogens is 3. The van der Waals surface area contributed by atoms with Gasteiger partial charge in [-0.25, -0.2) is 0 Å². The molecule has 222 valence electrons. The lowest BCUT2D eigenvalue weighted by Gasteiger charge is -2.36. The average Bonchev–Trinajstić information content (AvgIpc) is 3.50. The molecule has 2 N–H and O–H groups in total. The summed E-state index contributed by atoms with van der Waals surface area (Å²) in [4.78, 5) is 26.3. The van der Waals surface area contributed by atoms with Gasteiger partial charge in [-0.1, -0.05) is 54.6 Å². The Kier molecular flexibility index (Phi) is 9.52. The highest BCUT2D eigenvalue weighted by Gasteiger charge is 2.47. The van der Waals surface area contributed by atoms with Crippen LogP contribution in [0.5, 0.6) is 0 Å². The Morgan fingerprint density at radius 3 is 2.31 bits per heavy atom. The molecule has 5 rings (SSSR count). The third-order valence-corrected chi connectivity index (χ3v) is 8.45. The number of aliphatic hydroxyl groups excluding tert-OH is 1. The first kappa shape index (κ1) is 30.1. The summed E-state index contributed by atoms with van der Waals surface area (Å²) in [6, 6.07) is 23.2. The molecule has 2 saturated heterocycles. The lowest BCUT2D eigenvalue weighted by molar-refractivity contribution is -0.245. The van der Waals surface area contributed by atoms with Gasteiger partial charge in [0.2, 0.25) is 5.91 Å². The largest absolute Gasteiger partial charge is 0.471 e. The molecular formula is C31H31F3N2O5S. The van der Waals surface area contributed by atoms with Gasteiger partial charge < -0.3 is 24.8 Å². The third kappa shape index (κ3) is 7.33. The highest BCUT2D eigenvalue weighted by atomic mass is 32.2. The fraction of sp³-hybridized carbons (Fsp3) is 0.355. The van der Waals surface area contributed by atoms with Crippen LogP contribution < -0.4 is 5.32 Å². The molecule has 42 heavy (non-hydrogen) atoms. The van der Waals surface area contributed by atoms with Crippen LogP contribution >= 0.6 is 11.8 Å². The van der Waals surface area contributed by atoms with Gasteiger partial charge in [-0.2, -0.15) is 13.2 Å². The maximum absolute atomic E-state index is 13.0. The minimum atomic E-state index is -5.03. The number of anilines is 1. The van der Waals surface area contributed by atoms with E-state index in [1.54, 1.807) is 36.0 Å². The van der Waals surface area contributed by atoms with Gasteiger partial charge in [0.25, 0.3) is 0 Å². The minimum absolute atomic E-state index is 0.0474. The molecule has 7 nitrogen and oxygen atoms in total. The van der Waals surface area contributed by atoms with Crippen molar-refractivity contribution in [1.29, 1.82) is 0 Å². The average molecular weight is 601 g/mol. The number of aliphatic hydroxyl groups is 1. The van der Waals surface area contributed by atoms with E-state index in [2.05, 4.69) is 5.32 Å². The number of likely N-dealkylation sites (tertiary alicyclic amines) is 1. The molecule has 0 saturated carbocycles. The van der Waals surface area contributed by atoms with Crippen molar-refractivity contribution in [3.8, 4) is 0 Å². The number of alkyl halides is 3. The maximum Gasteiger partial charge on any atom is 0.471 e. The van der Waals surface area contributed by atoms with Gasteiger partial charge in [0, 0.05) is 34.9 Å². The van der Waals surface area contributed by atoms with E-state index in [4.69, 9.17) is 9.47 Å². The summed E-state index contributed by atoms with van der Waals surface area (Å²) >= 11 is 1.69. The van der Waals surface area contributed by atoms with Crippen LogP contribution in [0.2, 0.25) is 0 Å². The van der Waals surface area contributed by atoms with E-state index in [-0.39, 0.29) is 31.8 Å². The molecule has 0 bridgehead atoms. The Balaban J connectivity index is 1.28. The summed E-state index contributed by atoms with van der Waals surface area (Å²) in [5.74, 6) is -1.95. The van der Waals surface area contributed by atoms with Crippen LogP contribution in [0.4, 0.5) is 18.9 Å². The van der Waals surface area contributed by atoms with Crippen molar-refractivity contribution in [2.24, 2.45) is 0 Å². The van der Waals surface area contributed by atoms with Gasteiger partial charge in [-0.05, 0) is 48.2 Å². The Hall–Kier alpha value is -3.38. The molecule has 0 spiro atoms. The van der Waals surface area contributed by atoms with Gasteiger partial charge in [0.1, 0.15) is 6.04 Å². The highest BCUT2D eigenvalue weighted by Crippen LogP contribution is 2.39. The van der Waals surface area contributed by atoms with Gasteiger partial charge in [-0.3, -0.25) is 9.59 Å². The summed E-state index contributed by atoms with van der Waals surface area (Å²) in [5.41, 5.74) is 2.88. The number of ether oxygens (including phenoxy) is 2. The lowest BCUT2D eigenvalue weighted by Crippen LogP contribution is -2.48. The van der Waals surface area contributed by atoms with Crippen LogP contribution in [0.25, 0.3) is 0 Å². The number of hydrogen-bond acceptors (Lipinski definition) is 6. The number of nitrogens with one attached hydrogen (secondary N) is 1. The van der Waals surface area contributed by atoms with Crippen molar-refractivity contribution in [3.05, 3.63) is 95.6 Å². The molecule has 0 aliphatic carbocycles. The summed E-state index contributed by atoms with van der Waals surface area (Å²) in [5, 5.41) is 12.1. The van der Waals surface area contributed by atoms with Gasteiger partial charge in [0.05, 0.1) is 18.8 Å². The molecular weight excluding hydrogens is 569 g/mol. The quantitative estimate of drug-likeness (QED) is 0.308. The molecule has 2 fully saturated rings. The number of nitrogens with zero attached hydrogens (tertiary/aromatic N) is 1. The van der Waals surface area contributed by atoms with E-state index in [9.17, 15) is 27.9 Å². The zero-order chi connectivity index (χ0) is 29.7. The van der Waals surface area contributed by atoms with Crippen molar-refractivity contribution in [3.63, 3.8) is 0 Å². The monoisotopic (exact) mass is 600 g/mol. The zero-order valence-electron chi connectivity index (χ0n) is 22.6. The molecule has 11 heteroatoms. The smallest absolute Gasteiger partial charge is 0.392 e. The maximum atomic E-state index is 13.0. The molecule has 2 heterocycles. The van der Waals surface area contributed by atoms with Gasteiger partial charge in [-0.15, -0.1) is 11.8 Å². The number of rotatable bonds is 8. The molecule has 4 unspecified atom stereocenters. The molecule has 2 aliphatic heterocycles.